The molecule has 1 aromatic heterocycles. The summed E-state index contributed by atoms with van der Waals surface area (Å²) in [5.41, 5.74) is 1.96. The summed E-state index contributed by atoms with van der Waals surface area (Å²) in [7, 11) is 0. The lowest BCUT2D eigenvalue weighted by Crippen LogP contribution is -2.58. The van der Waals surface area contributed by atoms with Gasteiger partial charge in [0.15, 0.2) is 0 Å². The summed E-state index contributed by atoms with van der Waals surface area (Å²) in [6, 6.07) is 10.5. The molecule has 228 valence electrons. The van der Waals surface area contributed by atoms with Crippen LogP contribution in [0, 0.1) is 5.92 Å². The Morgan fingerprint density at radius 2 is 1.67 bits per heavy atom. The number of rotatable bonds is 3. The second-order valence-corrected chi connectivity index (χ2v) is 10.8. The number of ether oxygens (including phenoxy) is 1. The number of fused-ring (bicyclic) bond motifs is 16. The number of carbonyl (C=O) groups excluding carboxylic acids is 4. The SMILES string of the molecule is CC(C)[C@@H]1NC(=O)[C@H](Cc2ccc(O)cc2)NC(=O)Cc2ccc(cc2)OCCn2cc(nn2)CNC(=O)[C@@H](C)NC1=O. The molecule has 13 heteroatoms. The van der Waals surface area contributed by atoms with Crippen molar-refractivity contribution in [1.29, 1.82) is 0 Å². The minimum atomic E-state index is -1.01. The molecule has 0 fully saturated rings. The van der Waals surface area contributed by atoms with Gasteiger partial charge in [0.1, 0.15) is 41.9 Å². The van der Waals surface area contributed by atoms with Crippen LogP contribution in [-0.4, -0.2) is 68.5 Å². The number of carbonyl (C=O) groups is 4. The molecule has 2 aliphatic heterocycles. The van der Waals surface area contributed by atoms with Crippen LogP contribution in [-0.2, 0) is 45.1 Å². The average Bonchev–Trinajstić information content (AvgIpc) is 3.43. The molecule has 0 aliphatic carbocycles. The van der Waals surface area contributed by atoms with Gasteiger partial charge in [-0.15, -0.1) is 5.10 Å². The summed E-state index contributed by atoms with van der Waals surface area (Å²) in [5, 5.41) is 28.7. The number of amides is 4. The second-order valence-electron chi connectivity index (χ2n) is 10.8. The molecule has 4 amide bonds. The highest BCUT2D eigenvalue weighted by molar-refractivity contribution is 5.94. The van der Waals surface area contributed by atoms with Crippen molar-refractivity contribution >= 4 is 23.6 Å². The molecular formula is C30H37N7O6. The molecule has 2 aromatic carbocycles. The van der Waals surface area contributed by atoms with E-state index >= 15 is 0 Å². The van der Waals surface area contributed by atoms with E-state index in [0.717, 1.165) is 5.56 Å². The fourth-order valence-electron chi connectivity index (χ4n) is 4.49. The Morgan fingerprint density at radius 3 is 2.37 bits per heavy atom. The highest BCUT2D eigenvalue weighted by Gasteiger charge is 2.30. The first kappa shape index (κ1) is 31.0. The van der Waals surface area contributed by atoms with E-state index in [1.54, 1.807) is 68.0 Å². The fraction of sp³-hybridized carbons (Fsp3) is 0.400. The van der Waals surface area contributed by atoms with Crippen molar-refractivity contribution in [3.05, 3.63) is 71.5 Å². The Bertz CT molecular complexity index is 1420. The number of phenols is 1. The number of hydrogen-bond acceptors (Lipinski definition) is 8. The smallest absolute Gasteiger partial charge is 0.243 e. The van der Waals surface area contributed by atoms with Crippen LogP contribution in [0.3, 0.4) is 0 Å². The number of phenolic OH excluding ortho intramolecular Hbond substituents is 1. The van der Waals surface area contributed by atoms with E-state index in [2.05, 4.69) is 31.6 Å². The standard InChI is InChI=1S/C30H37N7O6/c1-18(2)27-30(42)32-19(3)28(40)31-16-22-17-37(36-35-22)12-13-43-24-10-6-21(7-11-24)15-26(39)33-25(29(41)34-27)14-20-4-8-23(38)9-5-20/h4-11,17-19,25,27,38H,12-16H2,1-3H3,(H,31,40)(H,32,42)(H,33,39)(H,34,41)/t19-,25+,27+/m1/s1. The summed E-state index contributed by atoms with van der Waals surface area (Å²) in [6.45, 7) is 5.95. The molecule has 3 aromatic rings. The summed E-state index contributed by atoms with van der Waals surface area (Å²) in [5.74, 6) is -1.55. The Labute approximate surface area is 249 Å². The van der Waals surface area contributed by atoms with Gasteiger partial charge in [0.05, 0.1) is 25.7 Å². The highest BCUT2D eigenvalue weighted by Crippen LogP contribution is 2.15. The van der Waals surface area contributed by atoms with Crippen LogP contribution >= 0.6 is 0 Å². The van der Waals surface area contributed by atoms with E-state index in [0.29, 0.717) is 30.2 Å². The van der Waals surface area contributed by atoms with Gasteiger partial charge >= 0.3 is 0 Å². The van der Waals surface area contributed by atoms with Crippen LogP contribution < -0.4 is 26.0 Å². The van der Waals surface area contributed by atoms with Crippen molar-refractivity contribution in [3.63, 3.8) is 0 Å². The van der Waals surface area contributed by atoms with Crippen LogP contribution in [0.1, 0.15) is 37.6 Å². The maximum atomic E-state index is 13.5. The number of aromatic nitrogens is 3. The van der Waals surface area contributed by atoms with E-state index in [1.807, 2.05) is 0 Å². The molecule has 5 rings (SSSR count). The first-order valence-electron chi connectivity index (χ1n) is 14.1. The predicted octanol–water partition coefficient (Wildman–Crippen LogP) is 0.608. The van der Waals surface area contributed by atoms with Crippen molar-refractivity contribution < 1.29 is 29.0 Å². The monoisotopic (exact) mass is 591 g/mol. The normalized spacial score (nSPS) is 20.9. The first-order valence-corrected chi connectivity index (χ1v) is 14.1. The van der Waals surface area contributed by atoms with Crippen molar-refractivity contribution in [2.24, 2.45) is 5.92 Å². The summed E-state index contributed by atoms with van der Waals surface area (Å²) >= 11 is 0. The van der Waals surface area contributed by atoms with Gasteiger partial charge in [-0.3, -0.25) is 19.2 Å². The van der Waals surface area contributed by atoms with Crippen molar-refractivity contribution in [3.8, 4) is 11.5 Å². The third-order valence-corrected chi connectivity index (χ3v) is 6.93. The number of nitrogens with zero attached hydrogens (tertiary/aromatic N) is 3. The Hall–Kier alpha value is -4.94. The Morgan fingerprint density at radius 1 is 0.953 bits per heavy atom. The number of nitrogens with one attached hydrogen (secondary N) is 4. The minimum absolute atomic E-state index is 0.0160. The lowest BCUT2D eigenvalue weighted by molar-refractivity contribution is -0.134. The zero-order chi connectivity index (χ0) is 30.9. The number of aromatic hydroxyl groups is 1. The van der Waals surface area contributed by atoms with E-state index in [-0.39, 0.29) is 37.0 Å². The van der Waals surface area contributed by atoms with Gasteiger partial charge in [-0.1, -0.05) is 43.3 Å². The Balaban J connectivity index is 1.57. The molecule has 3 atom stereocenters. The van der Waals surface area contributed by atoms with Gasteiger partial charge < -0.3 is 31.1 Å². The van der Waals surface area contributed by atoms with Gasteiger partial charge in [0, 0.05) is 6.42 Å². The average molecular weight is 592 g/mol. The largest absolute Gasteiger partial charge is 0.508 e. The van der Waals surface area contributed by atoms with Crippen molar-refractivity contribution in [1.82, 2.24) is 36.3 Å². The molecular weight excluding hydrogens is 554 g/mol. The first-order chi connectivity index (χ1) is 20.6. The van der Waals surface area contributed by atoms with Crippen LogP contribution in [0.5, 0.6) is 11.5 Å². The maximum Gasteiger partial charge on any atom is 0.243 e. The van der Waals surface area contributed by atoms with Crippen LogP contribution in [0.15, 0.2) is 54.7 Å². The molecule has 0 saturated heterocycles. The second kappa shape index (κ2) is 14.3. The Kier molecular flexibility index (Phi) is 10.3. The van der Waals surface area contributed by atoms with Crippen LogP contribution in [0.2, 0.25) is 0 Å². The maximum absolute atomic E-state index is 13.5. The molecule has 13 nitrogen and oxygen atoms in total. The van der Waals surface area contributed by atoms with Gasteiger partial charge in [-0.25, -0.2) is 4.68 Å². The van der Waals surface area contributed by atoms with Gasteiger partial charge in [-0.05, 0) is 48.2 Å². The molecule has 0 unspecified atom stereocenters. The zero-order valence-electron chi connectivity index (χ0n) is 24.4. The van der Waals surface area contributed by atoms with E-state index < -0.39 is 35.8 Å². The van der Waals surface area contributed by atoms with Gasteiger partial charge in [0.25, 0.3) is 0 Å². The number of benzene rings is 2. The molecule has 0 spiro atoms. The third kappa shape index (κ3) is 9.02. The minimum Gasteiger partial charge on any atom is -0.508 e. The quantitative estimate of drug-likeness (QED) is 0.275. The van der Waals surface area contributed by atoms with E-state index in [4.69, 9.17) is 4.74 Å². The molecule has 43 heavy (non-hydrogen) atoms. The highest BCUT2D eigenvalue weighted by atomic mass is 16.5. The van der Waals surface area contributed by atoms with Crippen molar-refractivity contribution in [2.75, 3.05) is 6.61 Å². The fourth-order valence-corrected chi connectivity index (χ4v) is 4.49. The number of hydrogen-bond donors (Lipinski definition) is 5. The summed E-state index contributed by atoms with van der Waals surface area (Å²) in [6.07, 6.45) is 1.84. The van der Waals surface area contributed by atoms with E-state index in [1.165, 1.54) is 12.1 Å². The summed E-state index contributed by atoms with van der Waals surface area (Å²) < 4.78 is 7.39. The summed E-state index contributed by atoms with van der Waals surface area (Å²) in [4.78, 5) is 52.5. The molecule has 0 radical (unpaired) electrons. The molecule has 5 N–H and O–H groups in total. The molecule has 3 heterocycles. The van der Waals surface area contributed by atoms with Gasteiger partial charge in [-0.2, -0.15) is 0 Å². The lowest BCUT2D eigenvalue weighted by atomic mass is 10.00. The molecule has 2 aliphatic rings. The lowest BCUT2D eigenvalue weighted by Gasteiger charge is -2.26. The topological polar surface area (TPSA) is 177 Å². The van der Waals surface area contributed by atoms with E-state index in [9.17, 15) is 24.3 Å². The van der Waals surface area contributed by atoms with Crippen LogP contribution in [0.25, 0.3) is 0 Å². The third-order valence-electron chi connectivity index (χ3n) is 6.93. The molecule has 4 bridgehead atoms. The zero-order valence-corrected chi connectivity index (χ0v) is 24.4. The van der Waals surface area contributed by atoms with Crippen molar-refractivity contribution in [2.45, 2.75) is 64.8 Å². The van der Waals surface area contributed by atoms with Crippen LogP contribution in [0.4, 0.5) is 0 Å². The molecule has 0 saturated carbocycles. The van der Waals surface area contributed by atoms with Gasteiger partial charge in [0.2, 0.25) is 23.6 Å². The predicted molar refractivity (Wildman–Crippen MR) is 156 cm³/mol.